The number of carbonyl (C=O) groups excluding carboxylic acids is 1. The van der Waals surface area contributed by atoms with Gasteiger partial charge in [-0.2, -0.15) is 0 Å². The van der Waals surface area contributed by atoms with Crippen molar-refractivity contribution in [2.45, 2.75) is 26.2 Å². The summed E-state index contributed by atoms with van der Waals surface area (Å²) in [6, 6.07) is 10.0. The first-order valence-electron chi connectivity index (χ1n) is 6.68. The highest BCUT2D eigenvalue weighted by molar-refractivity contribution is 7.16. The number of nitrogens with two attached hydrogens (primary N) is 1. The van der Waals surface area contributed by atoms with E-state index in [9.17, 15) is 4.79 Å². The summed E-state index contributed by atoms with van der Waals surface area (Å²) in [5.74, 6) is 0.277. The highest BCUT2D eigenvalue weighted by Crippen LogP contribution is 2.36. The summed E-state index contributed by atoms with van der Waals surface area (Å²) >= 11 is 1.53. The second-order valence-corrected chi connectivity index (χ2v) is 5.87. The average Bonchev–Trinajstić information content (AvgIpc) is 2.84. The van der Waals surface area contributed by atoms with Crippen molar-refractivity contribution in [2.24, 2.45) is 5.73 Å². The summed E-state index contributed by atoms with van der Waals surface area (Å²) in [6.45, 7) is 4.61. The third-order valence-corrected chi connectivity index (χ3v) is 4.11. The summed E-state index contributed by atoms with van der Waals surface area (Å²) in [6.07, 6.45) is 0.317. The average molecular weight is 289 g/mol. The minimum absolute atomic E-state index is 0.0869. The molecule has 0 aliphatic carbocycles. The molecule has 1 aromatic carbocycles. The zero-order valence-electron chi connectivity index (χ0n) is 11.7. The Bertz CT molecular complexity index is 578. The number of anilines is 1. The molecule has 106 valence electrons. The fourth-order valence-corrected chi connectivity index (χ4v) is 2.90. The van der Waals surface area contributed by atoms with Crippen LogP contribution in [0.15, 0.2) is 30.3 Å². The number of aromatic nitrogens is 1. The minimum Gasteiger partial charge on any atom is -0.330 e. The van der Waals surface area contributed by atoms with Gasteiger partial charge in [-0.25, -0.2) is 4.98 Å². The van der Waals surface area contributed by atoms with Gasteiger partial charge >= 0.3 is 0 Å². The Hall–Kier alpha value is -1.72. The van der Waals surface area contributed by atoms with Gasteiger partial charge < -0.3 is 11.1 Å². The van der Waals surface area contributed by atoms with Gasteiger partial charge in [0.05, 0.1) is 5.69 Å². The molecule has 2 aromatic rings. The van der Waals surface area contributed by atoms with Gasteiger partial charge in [0.15, 0.2) is 5.13 Å². The van der Waals surface area contributed by atoms with Crippen molar-refractivity contribution >= 4 is 22.4 Å². The number of nitrogens with one attached hydrogen (secondary N) is 1. The van der Waals surface area contributed by atoms with Gasteiger partial charge in [0, 0.05) is 23.4 Å². The molecule has 0 radical (unpaired) electrons. The van der Waals surface area contributed by atoms with E-state index >= 15 is 0 Å². The Morgan fingerprint density at radius 3 is 2.65 bits per heavy atom. The molecular formula is C15H19N3OS. The minimum atomic E-state index is -0.0869. The van der Waals surface area contributed by atoms with E-state index < -0.39 is 0 Å². The molecule has 5 heteroatoms. The van der Waals surface area contributed by atoms with E-state index in [4.69, 9.17) is 5.73 Å². The van der Waals surface area contributed by atoms with E-state index in [1.165, 1.54) is 16.2 Å². The molecule has 1 heterocycles. The van der Waals surface area contributed by atoms with E-state index in [-0.39, 0.29) is 5.91 Å². The van der Waals surface area contributed by atoms with E-state index in [1.807, 2.05) is 30.3 Å². The third kappa shape index (κ3) is 3.43. The van der Waals surface area contributed by atoms with Gasteiger partial charge in [-0.05, 0) is 5.92 Å². The van der Waals surface area contributed by atoms with Crippen LogP contribution in [0.5, 0.6) is 0 Å². The fraction of sp³-hybridized carbons (Fsp3) is 0.333. The molecule has 0 aliphatic rings. The quantitative estimate of drug-likeness (QED) is 0.888. The SMILES string of the molecule is CC(C)c1sc(NC(=O)CCN)nc1-c1ccccc1. The van der Waals surface area contributed by atoms with Crippen molar-refractivity contribution in [1.82, 2.24) is 4.98 Å². The van der Waals surface area contributed by atoms with Crippen molar-refractivity contribution < 1.29 is 4.79 Å². The summed E-state index contributed by atoms with van der Waals surface area (Å²) in [5, 5.41) is 3.46. The van der Waals surface area contributed by atoms with Crippen LogP contribution in [-0.2, 0) is 4.79 Å². The van der Waals surface area contributed by atoms with Gasteiger partial charge in [0.2, 0.25) is 5.91 Å². The lowest BCUT2D eigenvalue weighted by atomic mass is 10.1. The standard InChI is InChI=1S/C15H19N3OS/c1-10(2)14-13(11-6-4-3-5-7-11)18-15(20-14)17-12(19)8-9-16/h3-7,10H,8-9,16H2,1-2H3,(H,17,18,19). The van der Waals surface area contributed by atoms with Crippen LogP contribution in [0.4, 0.5) is 5.13 Å². The number of carbonyl (C=O) groups is 1. The zero-order valence-corrected chi connectivity index (χ0v) is 12.5. The molecule has 0 saturated carbocycles. The van der Waals surface area contributed by atoms with Gasteiger partial charge in [-0.3, -0.25) is 4.79 Å². The monoisotopic (exact) mass is 289 g/mol. The molecule has 0 atom stereocenters. The van der Waals surface area contributed by atoms with E-state index in [0.717, 1.165) is 11.3 Å². The number of thiazole rings is 1. The first kappa shape index (κ1) is 14.7. The van der Waals surface area contributed by atoms with Crippen LogP contribution in [0.3, 0.4) is 0 Å². The lowest BCUT2D eigenvalue weighted by molar-refractivity contribution is -0.116. The molecule has 0 aliphatic heterocycles. The number of hydrogen-bond donors (Lipinski definition) is 2. The highest BCUT2D eigenvalue weighted by Gasteiger charge is 2.16. The lowest BCUT2D eigenvalue weighted by Gasteiger charge is -2.04. The van der Waals surface area contributed by atoms with Crippen molar-refractivity contribution in [1.29, 1.82) is 0 Å². The molecule has 1 amide bonds. The predicted molar refractivity (Wildman–Crippen MR) is 83.9 cm³/mol. The Balaban J connectivity index is 2.32. The molecule has 20 heavy (non-hydrogen) atoms. The van der Waals surface area contributed by atoms with Crippen molar-refractivity contribution in [3.63, 3.8) is 0 Å². The number of hydrogen-bond acceptors (Lipinski definition) is 4. The topological polar surface area (TPSA) is 68.0 Å². The largest absolute Gasteiger partial charge is 0.330 e. The Labute approximate surface area is 123 Å². The van der Waals surface area contributed by atoms with Crippen molar-refractivity contribution in [3.8, 4) is 11.3 Å². The second kappa shape index (κ2) is 6.63. The lowest BCUT2D eigenvalue weighted by Crippen LogP contribution is -2.15. The van der Waals surface area contributed by atoms with E-state index in [0.29, 0.717) is 24.0 Å². The molecule has 1 aromatic heterocycles. The van der Waals surface area contributed by atoms with Crippen LogP contribution in [0, 0.1) is 0 Å². The first-order chi connectivity index (χ1) is 9.61. The summed E-state index contributed by atoms with van der Waals surface area (Å²) in [4.78, 5) is 17.4. The van der Waals surface area contributed by atoms with Crippen molar-refractivity contribution in [2.75, 3.05) is 11.9 Å². The summed E-state index contributed by atoms with van der Waals surface area (Å²) in [5.41, 5.74) is 7.41. The maximum absolute atomic E-state index is 11.6. The van der Waals surface area contributed by atoms with E-state index in [2.05, 4.69) is 24.1 Å². The van der Waals surface area contributed by atoms with Gasteiger partial charge in [0.1, 0.15) is 0 Å². The molecule has 0 spiro atoms. The number of amides is 1. The molecule has 0 fully saturated rings. The maximum atomic E-state index is 11.6. The molecule has 0 bridgehead atoms. The van der Waals surface area contributed by atoms with Crippen LogP contribution in [0.1, 0.15) is 31.1 Å². The Kier molecular flexibility index (Phi) is 4.87. The number of rotatable bonds is 5. The van der Waals surface area contributed by atoms with Gasteiger partial charge in [-0.1, -0.05) is 44.2 Å². The number of nitrogens with zero attached hydrogens (tertiary/aromatic N) is 1. The van der Waals surface area contributed by atoms with Crippen LogP contribution in [0.2, 0.25) is 0 Å². The highest BCUT2D eigenvalue weighted by atomic mass is 32.1. The van der Waals surface area contributed by atoms with Gasteiger partial charge in [-0.15, -0.1) is 11.3 Å². The molecular weight excluding hydrogens is 270 g/mol. The summed E-state index contributed by atoms with van der Waals surface area (Å²) < 4.78 is 0. The van der Waals surface area contributed by atoms with Crippen LogP contribution < -0.4 is 11.1 Å². The number of benzene rings is 1. The molecule has 0 saturated heterocycles. The fourth-order valence-electron chi connectivity index (χ4n) is 1.89. The molecule has 4 nitrogen and oxygen atoms in total. The van der Waals surface area contributed by atoms with Crippen LogP contribution >= 0.6 is 11.3 Å². The third-order valence-electron chi connectivity index (χ3n) is 2.84. The molecule has 3 N–H and O–H groups in total. The van der Waals surface area contributed by atoms with E-state index in [1.54, 1.807) is 0 Å². The maximum Gasteiger partial charge on any atom is 0.227 e. The second-order valence-electron chi connectivity index (χ2n) is 4.84. The smallest absolute Gasteiger partial charge is 0.227 e. The Morgan fingerprint density at radius 1 is 1.35 bits per heavy atom. The first-order valence-corrected chi connectivity index (χ1v) is 7.49. The normalized spacial score (nSPS) is 10.8. The zero-order chi connectivity index (χ0) is 14.5. The molecule has 2 rings (SSSR count). The predicted octanol–water partition coefficient (Wildman–Crippen LogP) is 3.22. The van der Waals surface area contributed by atoms with Gasteiger partial charge in [0.25, 0.3) is 0 Å². The van der Waals surface area contributed by atoms with Crippen molar-refractivity contribution in [3.05, 3.63) is 35.2 Å². The Morgan fingerprint density at radius 2 is 2.05 bits per heavy atom. The van der Waals surface area contributed by atoms with Crippen LogP contribution in [-0.4, -0.2) is 17.4 Å². The molecule has 0 unspecified atom stereocenters. The van der Waals surface area contributed by atoms with Crippen LogP contribution in [0.25, 0.3) is 11.3 Å². The summed E-state index contributed by atoms with van der Waals surface area (Å²) in [7, 11) is 0.